The standard InChI is InChI=1S/C27H21O2P/c28-23-16-14-18-8-4-6-12-21(18)25(23)27(30,20-10-2-1-3-11-20)26-22-13-7-5-9-19(22)15-17-24(26)29/h1-17,28-29H,30H2. The second-order valence-corrected chi connectivity index (χ2v) is 8.40. The summed E-state index contributed by atoms with van der Waals surface area (Å²) >= 11 is 0. The second-order valence-electron chi connectivity index (χ2n) is 7.54. The van der Waals surface area contributed by atoms with Crippen LogP contribution in [0.25, 0.3) is 21.5 Å². The van der Waals surface area contributed by atoms with Gasteiger partial charge in [0.05, 0.1) is 5.16 Å². The van der Waals surface area contributed by atoms with Crippen LogP contribution in [-0.4, -0.2) is 10.2 Å². The molecule has 30 heavy (non-hydrogen) atoms. The number of rotatable bonds is 3. The van der Waals surface area contributed by atoms with Gasteiger partial charge in [-0.3, -0.25) is 0 Å². The minimum Gasteiger partial charge on any atom is -0.508 e. The molecule has 2 nitrogen and oxygen atoms in total. The first-order chi connectivity index (χ1) is 14.6. The molecule has 0 radical (unpaired) electrons. The van der Waals surface area contributed by atoms with Crippen molar-refractivity contribution in [2.75, 3.05) is 0 Å². The van der Waals surface area contributed by atoms with Crippen LogP contribution >= 0.6 is 9.24 Å². The van der Waals surface area contributed by atoms with E-state index >= 15 is 0 Å². The summed E-state index contributed by atoms with van der Waals surface area (Å²) in [5, 5.41) is 25.4. The van der Waals surface area contributed by atoms with Crippen molar-refractivity contribution in [3.05, 3.63) is 120 Å². The van der Waals surface area contributed by atoms with Crippen LogP contribution in [0, 0.1) is 0 Å². The smallest absolute Gasteiger partial charge is 0.121 e. The van der Waals surface area contributed by atoms with Crippen molar-refractivity contribution in [2.45, 2.75) is 5.16 Å². The number of phenolic OH excluding ortho intramolecular Hbond substituents is 2. The van der Waals surface area contributed by atoms with Crippen LogP contribution in [-0.2, 0) is 5.16 Å². The molecule has 3 heteroatoms. The minimum absolute atomic E-state index is 0.194. The Hall–Kier alpha value is -3.35. The lowest BCUT2D eigenvalue weighted by Gasteiger charge is -2.34. The molecule has 5 rings (SSSR count). The zero-order valence-electron chi connectivity index (χ0n) is 16.3. The predicted octanol–water partition coefficient (Wildman–Crippen LogP) is 6.57. The van der Waals surface area contributed by atoms with E-state index < -0.39 is 5.16 Å². The van der Waals surface area contributed by atoms with Crippen LogP contribution in [0.4, 0.5) is 0 Å². The highest BCUT2D eigenvalue weighted by molar-refractivity contribution is 7.19. The molecule has 0 bridgehead atoms. The van der Waals surface area contributed by atoms with Gasteiger partial charge >= 0.3 is 0 Å². The number of hydrogen-bond donors (Lipinski definition) is 2. The minimum atomic E-state index is -0.864. The second kappa shape index (κ2) is 7.16. The third-order valence-corrected chi connectivity index (χ3v) is 6.74. The van der Waals surface area contributed by atoms with Gasteiger partial charge in [0.15, 0.2) is 0 Å². The van der Waals surface area contributed by atoms with Gasteiger partial charge in [0.25, 0.3) is 0 Å². The molecule has 0 spiro atoms. The Labute approximate surface area is 177 Å². The molecule has 0 fully saturated rings. The molecule has 5 aromatic carbocycles. The Balaban J connectivity index is 1.99. The van der Waals surface area contributed by atoms with E-state index in [0.29, 0.717) is 0 Å². The number of hydrogen-bond acceptors (Lipinski definition) is 2. The molecule has 146 valence electrons. The quantitative estimate of drug-likeness (QED) is 0.262. The van der Waals surface area contributed by atoms with Crippen molar-refractivity contribution in [1.82, 2.24) is 0 Å². The van der Waals surface area contributed by atoms with E-state index in [-0.39, 0.29) is 11.5 Å². The zero-order chi connectivity index (χ0) is 20.7. The van der Waals surface area contributed by atoms with Crippen LogP contribution in [0.1, 0.15) is 16.7 Å². The Kier molecular flexibility index (Phi) is 4.46. The summed E-state index contributed by atoms with van der Waals surface area (Å²) in [7, 11) is 2.95. The van der Waals surface area contributed by atoms with Crippen LogP contribution in [0.3, 0.4) is 0 Å². The van der Waals surface area contributed by atoms with Crippen LogP contribution in [0.15, 0.2) is 103 Å². The lowest BCUT2D eigenvalue weighted by atomic mass is 9.79. The van der Waals surface area contributed by atoms with Crippen molar-refractivity contribution in [3.63, 3.8) is 0 Å². The fourth-order valence-electron chi connectivity index (χ4n) is 4.46. The highest BCUT2D eigenvalue weighted by Gasteiger charge is 2.38. The van der Waals surface area contributed by atoms with E-state index in [1.54, 1.807) is 12.1 Å². The van der Waals surface area contributed by atoms with Gasteiger partial charge in [0, 0.05) is 11.1 Å². The first-order valence-corrected chi connectivity index (χ1v) is 10.4. The fraction of sp³-hybridized carbons (Fsp3) is 0.0370. The van der Waals surface area contributed by atoms with Crippen LogP contribution in [0.5, 0.6) is 11.5 Å². The average molecular weight is 408 g/mol. The Morgan fingerprint density at radius 1 is 0.500 bits per heavy atom. The molecular formula is C27H21O2P. The summed E-state index contributed by atoms with van der Waals surface area (Å²) in [6.07, 6.45) is 0. The third kappa shape index (κ3) is 2.76. The first-order valence-electron chi connectivity index (χ1n) is 9.87. The molecule has 0 heterocycles. The normalized spacial score (nSPS) is 11.8. The van der Waals surface area contributed by atoms with Crippen molar-refractivity contribution in [3.8, 4) is 11.5 Å². The molecule has 0 saturated heterocycles. The SMILES string of the molecule is Oc1ccc2ccccc2c1C(P)(c1ccccc1)c1c(O)ccc2ccccc12. The third-order valence-electron chi connectivity index (χ3n) is 5.83. The van der Waals surface area contributed by atoms with Gasteiger partial charge in [0.1, 0.15) is 11.5 Å². The lowest BCUT2D eigenvalue weighted by molar-refractivity contribution is 0.457. The highest BCUT2D eigenvalue weighted by Crippen LogP contribution is 2.54. The van der Waals surface area contributed by atoms with Gasteiger partial charge in [-0.25, -0.2) is 0 Å². The molecule has 1 atom stereocenters. The summed E-state index contributed by atoms with van der Waals surface area (Å²) in [4.78, 5) is 0. The molecule has 0 aliphatic carbocycles. The predicted molar refractivity (Wildman–Crippen MR) is 127 cm³/mol. The van der Waals surface area contributed by atoms with Gasteiger partial charge in [-0.2, -0.15) is 0 Å². The largest absolute Gasteiger partial charge is 0.508 e. The maximum Gasteiger partial charge on any atom is 0.121 e. The van der Waals surface area contributed by atoms with Gasteiger partial charge in [0.2, 0.25) is 0 Å². The number of aromatic hydroxyl groups is 2. The topological polar surface area (TPSA) is 40.5 Å². The van der Waals surface area contributed by atoms with Gasteiger partial charge < -0.3 is 10.2 Å². The van der Waals surface area contributed by atoms with Crippen molar-refractivity contribution < 1.29 is 10.2 Å². The Morgan fingerprint density at radius 2 is 0.933 bits per heavy atom. The maximum atomic E-state index is 11.1. The molecular weight excluding hydrogens is 387 g/mol. The summed E-state index contributed by atoms with van der Waals surface area (Å²) < 4.78 is 0. The fourth-order valence-corrected chi connectivity index (χ4v) is 5.26. The van der Waals surface area contributed by atoms with E-state index in [2.05, 4.69) is 9.24 Å². The average Bonchev–Trinajstić information content (AvgIpc) is 2.79. The van der Waals surface area contributed by atoms with E-state index in [1.807, 2.05) is 91.0 Å². The summed E-state index contributed by atoms with van der Waals surface area (Å²) in [6.45, 7) is 0. The van der Waals surface area contributed by atoms with E-state index in [9.17, 15) is 10.2 Å². The molecule has 5 aromatic rings. The van der Waals surface area contributed by atoms with Crippen molar-refractivity contribution >= 4 is 30.8 Å². The molecule has 0 aliphatic rings. The molecule has 0 aliphatic heterocycles. The number of benzene rings is 5. The van der Waals surface area contributed by atoms with Gasteiger partial charge in [-0.15, -0.1) is 9.24 Å². The number of fused-ring (bicyclic) bond motifs is 2. The van der Waals surface area contributed by atoms with E-state index in [0.717, 1.165) is 38.2 Å². The highest BCUT2D eigenvalue weighted by atomic mass is 31.0. The van der Waals surface area contributed by atoms with E-state index in [1.165, 1.54) is 0 Å². The molecule has 0 aromatic heterocycles. The molecule has 0 amide bonds. The van der Waals surface area contributed by atoms with Gasteiger partial charge in [-0.1, -0.05) is 91.0 Å². The Morgan fingerprint density at radius 3 is 1.43 bits per heavy atom. The van der Waals surface area contributed by atoms with Crippen molar-refractivity contribution in [1.29, 1.82) is 0 Å². The van der Waals surface area contributed by atoms with Crippen LogP contribution in [0.2, 0.25) is 0 Å². The number of phenols is 2. The zero-order valence-corrected chi connectivity index (χ0v) is 17.4. The lowest BCUT2D eigenvalue weighted by Crippen LogP contribution is -2.23. The molecule has 0 saturated carbocycles. The Bertz CT molecular complexity index is 1290. The summed E-state index contributed by atoms with van der Waals surface area (Å²) in [6, 6.07) is 33.4. The van der Waals surface area contributed by atoms with Crippen molar-refractivity contribution in [2.24, 2.45) is 0 Å². The van der Waals surface area contributed by atoms with Crippen LogP contribution < -0.4 is 0 Å². The van der Waals surface area contributed by atoms with Gasteiger partial charge in [-0.05, 0) is 39.2 Å². The first kappa shape index (κ1) is 18.7. The van der Waals surface area contributed by atoms with E-state index in [4.69, 9.17) is 0 Å². The summed E-state index contributed by atoms with van der Waals surface area (Å²) in [5.74, 6) is 0.389. The molecule has 2 N–H and O–H groups in total. The monoisotopic (exact) mass is 408 g/mol. The molecule has 1 unspecified atom stereocenters. The summed E-state index contributed by atoms with van der Waals surface area (Å²) in [5.41, 5.74) is 2.47. The maximum absolute atomic E-state index is 11.1.